The first kappa shape index (κ1) is 20.0. The number of carbonyl (C=O) groups excluding carboxylic acids is 1. The van der Waals surface area contributed by atoms with Gasteiger partial charge in [0.1, 0.15) is 34.9 Å². The average Bonchev–Trinajstić information content (AvgIpc) is 3.45. The van der Waals surface area contributed by atoms with Gasteiger partial charge in [-0.25, -0.2) is 4.98 Å². The van der Waals surface area contributed by atoms with Gasteiger partial charge in [0.2, 0.25) is 6.79 Å². The Kier molecular flexibility index (Phi) is 6.01. The number of aliphatic hydroxyl groups excluding tert-OH is 1. The molecule has 2 heterocycles. The summed E-state index contributed by atoms with van der Waals surface area (Å²) in [5.41, 5.74) is 1.20. The van der Waals surface area contributed by atoms with Crippen molar-refractivity contribution in [2.24, 2.45) is 0 Å². The molecule has 4 rings (SSSR count). The summed E-state index contributed by atoms with van der Waals surface area (Å²) in [5.74, 6) is 2.21. The van der Waals surface area contributed by atoms with Crippen LogP contribution >= 0.6 is 11.3 Å². The largest absolute Gasteiger partial charge is 0.497 e. The van der Waals surface area contributed by atoms with Gasteiger partial charge < -0.3 is 29.4 Å². The van der Waals surface area contributed by atoms with Crippen molar-refractivity contribution in [1.29, 1.82) is 0 Å². The third kappa shape index (κ3) is 4.64. The molecule has 0 aliphatic carbocycles. The zero-order valence-corrected chi connectivity index (χ0v) is 17.0. The van der Waals surface area contributed by atoms with E-state index in [2.05, 4.69) is 10.3 Å². The molecule has 0 saturated heterocycles. The molecule has 1 aliphatic rings. The molecular formula is C21H20N2O6S. The van der Waals surface area contributed by atoms with Crippen LogP contribution in [0.15, 0.2) is 47.8 Å². The Hall–Kier alpha value is -3.30. The van der Waals surface area contributed by atoms with Gasteiger partial charge in [-0.2, -0.15) is 0 Å². The first-order chi connectivity index (χ1) is 14.6. The van der Waals surface area contributed by atoms with Crippen molar-refractivity contribution in [1.82, 2.24) is 10.3 Å². The fourth-order valence-corrected chi connectivity index (χ4v) is 3.57. The zero-order valence-electron chi connectivity index (χ0n) is 16.2. The van der Waals surface area contributed by atoms with Gasteiger partial charge in [-0.1, -0.05) is 0 Å². The van der Waals surface area contributed by atoms with Crippen LogP contribution in [0, 0.1) is 0 Å². The van der Waals surface area contributed by atoms with E-state index in [1.165, 1.54) is 11.3 Å². The Bertz CT molecular complexity index is 1020. The lowest BCUT2D eigenvalue weighted by Gasteiger charge is -2.13. The van der Waals surface area contributed by atoms with E-state index in [0.29, 0.717) is 22.9 Å². The number of carbonyl (C=O) groups is 1. The molecule has 1 aromatic heterocycles. The Morgan fingerprint density at radius 1 is 1.20 bits per heavy atom. The summed E-state index contributed by atoms with van der Waals surface area (Å²) in [4.78, 5) is 16.7. The molecule has 0 radical (unpaired) electrons. The van der Waals surface area contributed by atoms with Crippen molar-refractivity contribution >= 4 is 17.2 Å². The second kappa shape index (κ2) is 9.02. The summed E-state index contributed by atoms with van der Waals surface area (Å²) < 4.78 is 21.2. The third-order valence-electron chi connectivity index (χ3n) is 4.36. The van der Waals surface area contributed by atoms with E-state index >= 15 is 0 Å². The maximum atomic E-state index is 12.3. The number of amides is 1. The molecule has 156 valence electrons. The van der Waals surface area contributed by atoms with Crippen molar-refractivity contribution in [2.75, 3.05) is 27.1 Å². The predicted octanol–water partition coefficient (Wildman–Crippen LogP) is 2.72. The van der Waals surface area contributed by atoms with Gasteiger partial charge in [0, 0.05) is 23.6 Å². The molecule has 9 heteroatoms. The first-order valence-electron chi connectivity index (χ1n) is 9.21. The maximum absolute atomic E-state index is 12.3. The number of nitrogens with zero attached hydrogens (tertiary/aromatic N) is 1. The molecule has 0 bridgehead atoms. The fraction of sp³-hybridized carbons (Fsp3) is 0.238. The van der Waals surface area contributed by atoms with E-state index < -0.39 is 6.10 Å². The Balaban J connectivity index is 1.26. The van der Waals surface area contributed by atoms with E-state index in [4.69, 9.17) is 18.9 Å². The van der Waals surface area contributed by atoms with Crippen LogP contribution in [0.5, 0.6) is 23.0 Å². The standard InChI is InChI=1S/C21H20N2O6S/c1-26-15-4-2-13(3-5-15)21-23-17(11-30-21)20(25)22-9-14(24)10-27-16-6-7-18-19(8-16)29-12-28-18/h2-8,11,14,24H,9-10,12H2,1H3,(H,22,25). The van der Waals surface area contributed by atoms with Gasteiger partial charge in [-0.15, -0.1) is 11.3 Å². The van der Waals surface area contributed by atoms with Crippen LogP contribution in [-0.4, -0.2) is 49.2 Å². The summed E-state index contributed by atoms with van der Waals surface area (Å²) in [5, 5.41) is 15.2. The van der Waals surface area contributed by atoms with E-state index in [1.54, 1.807) is 30.7 Å². The quantitative estimate of drug-likeness (QED) is 0.569. The molecule has 2 aromatic carbocycles. The molecule has 2 N–H and O–H groups in total. The van der Waals surface area contributed by atoms with Gasteiger partial charge in [0.15, 0.2) is 11.5 Å². The van der Waals surface area contributed by atoms with Gasteiger partial charge in [0.05, 0.1) is 7.11 Å². The summed E-state index contributed by atoms with van der Waals surface area (Å²) in [6.45, 7) is 0.247. The minimum Gasteiger partial charge on any atom is -0.497 e. The van der Waals surface area contributed by atoms with Crippen LogP contribution in [0.2, 0.25) is 0 Å². The molecule has 0 spiro atoms. The van der Waals surface area contributed by atoms with Crippen LogP contribution in [0.25, 0.3) is 10.6 Å². The maximum Gasteiger partial charge on any atom is 0.270 e. The average molecular weight is 428 g/mol. The number of nitrogens with one attached hydrogen (secondary N) is 1. The van der Waals surface area contributed by atoms with Gasteiger partial charge in [0.25, 0.3) is 5.91 Å². The van der Waals surface area contributed by atoms with Gasteiger partial charge in [-0.05, 0) is 36.4 Å². The third-order valence-corrected chi connectivity index (χ3v) is 5.25. The molecule has 1 amide bonds. The van der Waals surface area contributed by atoms with Crippen LogP contribution in [0.3, 0.4) is 0 Å². The second-order valence-electron chi connectivity index (χ2n) is 6.46. The molecule has 8 nitrogen and oxygen atoms in total. The highest BCUT2D eigenvalue weighted by Crippen LogP contribution is 2.35. The van der Waals surface area contributed by atoms with Crippen LogP contribution in [0.4, 0.5) is 0 Å². The number of thiazole rings is 1. The number of benzene rings is 2. The highest BCUT2D eigenvalue weighted by Gasteiger charge is 2.16. The number of rotatable bonds is 8. The van der Waals surface area contributed by atoms with Crippen molar-refractivity contribution < 1.29 is 28.8 Å². The smallest absolute Gasteiger partial charge is 0.270 e. The Morgan fingerprint density at radius 2 is 1.97 bits per heavy atom. The van der Waals surface area contributed by atoms with Crippen LogP contribution in [0.1, 0.15) is 10.5 Å². The van der Waals surface area contributed by atoms with E-state index in [0.717, 1.165) is 16.3 Å². The fourth-order valence-electron chi connectivity index (χ4n) is 2.76. The number of methoxy groups -OCH3 is 1. The zero-order chi connectivity index (χ0) is 20.9. The predicted molar refractivity (Wildman–Crippen MR) is 111 cm³/mol. The van der Waals surface area contributed by atoms with Crippen molar-refractivity contribution in [3.05, 3.63) is 53.5 Å². The number of aromatic nitrogens is 1. The monoisotopic (exact) mass is 428 g/mol. The molecule has 0 saturated carbocycles. The number of hydrogen-bond donors (Lipinski definition) is 2. The first-order valence-corrected chi connectivity index (χ1v) is 10.1. The van der Waals surface area contributed by atoms with Crippen molar-refractivity contribution in [3.8, 4) is 33.6 Å². The lowest BCUT2D eigenvalue weighted by Crippen LogP contribution is -2.35. The molecule has 1 unspecified atom stereocenters. The summed E-state index contributed by atoms with van der Waals surface area (Å²) >= 11 is 1.37. The van der Waals surface area contributed by atoms with Crippen molar-refractivity contribution in [3.63, 3.8) is 0 Å². The molecular weight excluding hydrogens is 408 g/mol. The minimum absolute atomic E-state index is 0.0219. The minimum atomic E-state index is -0.876. The van der Waals surface area contributed by atoms with Crippen LogP contribution < -0.4 is 24.3 Å². The molecule has 3 aromatic rings. The lowest BCUT2D eigenvalue weighted by atomic mass is 10.2. The summed E-state index contributed by atoms with van der Waals surface area (Å²) in [7, 11) is 1.61. The lowest BCUT2D eigenvalue weighted by molar-refractivity contribution is 0.0840. The van der Waals surface area contributed by atoms with E-state index in [9.17, 15) is 9.90 Å². The number of aliphatic hydroxyl groups is 1. The highest BCUT2D eigenvalue weighted by molar-refractivity contribution is 7.13. The van der Waals surface area contributed by atoms with E-state index in [-0.39, 0.29) is 25.9 Å². The number of ether oxygens (including phenoxy) is 4. The SMILES string of the molecule is COc1ccc(-c2nc(C(=O)NCC(O)COc3ccc4c(c3)OCO4)cs2)cc1. The van der Waals surface area contributed by atoms with Gasteiger partial charge in [-0.3, -0.25) is 4.79 Å². The molecule has 1 aliphatic heterocycles. The Labute approximate surface area is 177 Å². The van der Waals surface area contributed by atoms with E-state index in [1.807, 2.05) is 24.3 Å². The van der Waals surface area contributed by atoms with Gasteiger partial charge >= 0.3 is 0 Å². The Morgan fingerprint density at radius 3 is 2.77 bits per heavy atom. The molecule has 30 heavy (non-hydrogen) atoms. The topological polar surface area (TPSA) is 99.1 Å². The molecule has 0 fully saturated rings. The summed E-state index contributed by atoms with van der Waals surface area (Å²) in [6, 6.07) is 12.6. The number of hydrogen-bond acceptors (Lipinski definition) is 8. The normalized spacial score (nSPS) is 13.0. The summed E-state index contributed by atoms with van der Waals surface area (Å²) in [6.07, 6.45) is -0.876. The van der Waals surface area contributed by atoms with Crippen molar-refractivity contribution in [2.45, 2.75) is 6.10 Å². The van der Waals surface area contributed by atoms with Crippen LogP contribution in [-0.2, 0) is 0 Å². The molecule has 1 atom stereocenters. The highest BCUT2D eigenvalue weighted by atomic mass is 32.1. The second-order valence-corrected chi connectivity index (χ2v) is 7.31. The number of fused-ring (bicyclic) bond motifs is 1.